The Morgan fingerprint density at radius 3 is 2.40 bits per heavy atom. The van der Waals surface area contributed by atoms with Gasteiger partial charge in [0.05, 0.1) is 16.2 Å². The first-order valence-corrected chi connectivity index (χ1v) is 10.1. The van der Waals surface area contributed by atoms with E-state index in [0.29, 0.717) is 10.1 Å². The molecule has 0 unspecified atom stereocenters. The summed E-state index contributed by atoms with van der Waals surface area (Å²) in [5, 5.41) is 9.80. The zero-order valence-electron chi connectivity index (χ0n) is 16.1. The molecule has 1 fully saturated rings. The summed E-state index contributed by atoms with van der Waals surface area (Å²) in [7, 11) is 1.72. The van der Waals surface area contributed by atoms with Crippen molar-refractivity contribution in [3.05, 3.63) is 94.9 Å². The third kappa shape index (κ3) is 4.18. The Kier molecular flexibility index (Phi) is 5.50. The number of hydrogen-bond donors (Lipinski definition) is 1. The fourth-order valence-electron chi connectivity index (χ4n) is 3.02. The van der Waals surface area contributed by atoms with E-state index in [1.54, 1.807) is 30.1 Å². The number of nitrogens with zero attached hydrogens (tertiary/aromatic N) is 2. The Balaban J connectivity index is 1.56. The van der Waals surface area contributed by atoms with Gasteiger partial charge in [-0.2, -0.15) is 0 Å². The Bertz CT molecular complexity index is 1170. The van der Waals surface area contributed by atoms with Crippen molar-refractivity contribution in [1.82, 2.24) is 4.90 Å². The minimum absolute atomic E-state index is 0.0899. The van der Waals surface area contributed by atoms with Crippen LogP contribution in [-0.4, -0.2) is 34.1 Å². The molecule has 4 rings (SSSR count). The molecule has 0 radical (unpaired) electrons. The molecule has 30 heavy (non-hydrogen) atoms. The highest BCUT2D eigenvalue weighted by Crippen LogP contribution is 2.33. The van der Waals surface area contributed by atoms with Gasteiger partial charge < -0.3 is 5.11 Å². The Morgan fingerprint density at radius 2 is 1.70 bits per heavy atom. The lowest BCUT2D eigenvalue weighted by Crippen LogP contribution is -2.23. The van der Waals surface area contributed by atoms with Crippen molar-refractivity contribution in [2.24, 2.45) is 4.99 Å². The van der Waals surface area contributed by atoms with E-state index in [9.17, 15) is 9.59 Å². The molecular formula is C24H18N2O3S. The summed E-state index contributed by atoms with van der Waals surface area (Å²) in [5.74, 6) is -1.04. The highest BCUT2D eigenvalue weighted by atomic mass is 32.2. The molecule has 0 bridgehead atoms. The second-order valence-electron chi connectivity index (χ2n) is 6.71. The lowest BCUT2D eigenvalue weighted by Gasteiger charge is -2.06. The number of aliphatic imine (C=N–C) groups is 1. The Labute approximate surface area is 178 Å². The van der Waals surface area contributed by atoms with Crippen molar-refractivity contribution in [2.45, 2.75) is 0 Å². The van der Waals surface area contributed by atoms with Gasteiger partial charge in [-0.1, -0.05) is 54.6 Å². The van der Waals surface area contributed by atoms with Crippen LogP contribution in [0.25, 0.3) is 17.2 Å². The van der Waals surface area contributed by atoms with Crippen molar-refractivity contribution in [1.29, 1.82) is 0 Å². The molecule has 5 nitrogen and oxygen atoms in total. The summed E-state index contributed by atoms with van der Waals surface area (Å²) in [6.45, 7) is 0. The third-order valence-electron chi connectivity index (χ3n) is 4.64. The number of rotatable bonds is 4. The molecule has 148 valence electrons. The fraction of sp³-hybridized carbons (Fsp3) is 0.0417. The van der Waals surface area contributed by atoms with Gasteiger partial charge in [-0.25, -0.2) is 9.79 Å². The number of amidine groups is 1. The number of thioether (sulfide) groups is 1. The van der Waals surface area contributed by atoms with Gasteiger partial charge in [0.25, 0.3) is 5.91 Å². The van der Waals surface area contributed by atoms with Crippen LogP contribution in [0.4, 0.5) is 5.69 Å². The molecule has 1 saturated heterocycles. The van der Waals surface area contributed by atoms with E-state index in [1.807, 2.05) is 66.7 Å². The highest BCUT2D eigenvalue weighted by molar-refractivity contribution is 8.18. The van der Waals surface area contributed by atoms with Crippen molar-refractivity contribution in [3.8, 4) is 11.1 Å². The van der Waals surface area contributed by atoms with E-state index in [2.05, 4.69) is 4.99 Å². The van der Waals surface area contributed by atoms with Gasteiger partial charge in [0.15, 0.2) is 5.17 Å². The van der Waals surface area contributed by atoms with Crippen LogP contribution in [0, 0.1) is 0 Å². The van der Waals surface area contributed by atoms with Crippen LogP contribution in [0.15, 0.2) is 88.8 Å². The lowest BCUT2D eigenvalue weighted by molar-refractivity contribution is -0.121. The van der Waals surface area contributed by atoms with Crippen LogP contribution < -0.4 is 0 Å². The predicted octanol–water partition coefficient (Wildman–Crippen LogP) is 5.29. The van der Waals surface area contributed by atoms with Gasteiger partial charge in [0.2, 0.25) is 0 Å². The minimum Gasteiger partial charge on any atom is -0.478 e. The standard InChI is InChI=1S/C24H18N2O3S/c1-26-22(27)21(30-24(26)25-20-8-3-2-4-9-20)14-16-10-12-17(13-11-16)18-6-5-7-19(15-18)23(28)29/h2-15H,1H3,(H,28,29)/b21-14-,25-24?. The number of carboxylic acids is 1. The van der Waals surface area contributed by atoms with Crippen LogP contribution in [0.5, 0.6) is 0 Å². The van der Waals surface area contributed by atoms with Gasteiger partial charge >= 0.3 is 5.97 Å². The van der Waals surface area contributed by atoms with Gasteiger partial charge in [0.1, 0.15) is 0 Å². The maximum atomic E-state index is 12.6. The van der Waals surface area contributed by atoms with Crippen molar-refractivity contribution in [2.75, 3.05) is 7.05 Å². The molecule has 1 amide bonds. The number of para-hydroxylation sites is 1. The first-order valence-electron chi connectivity index (χ1n) is 9.26. The number of hydrogen-bond acceptors (Lipinski definition) is 4. The molecule has 0 atom stereocenters. The van der Waals surface area contributed by atoms with Crippen LogP contribution in [0.3, 0.4) is 0 Å². The summed E-state index contributed by atoms with van der Waals surface area (Å²) in [5.41, 5.74) is 3.68. The molecule has 1 aliphatic heterocycles. The number of likely N-dealkylation sites (N-methyl/N-ethyl adjacent to an activating group) is 1. The number of carbonyl (C=O) groups excluding carboxylic acids is 1. The highest BCUT2D eigenvalue weighted by Gasteiger charge is 2.30. The summed E-state index contributed by atoms with van der Waals surface area (Å²) < 4.78 is 0. The van der Waals surface area contributed by atoms with Crippen LogP contribution in [-0.2, 0) is 4.79 Å². The summed E-state index contributed by atoms with van der Waals surface area (Å²) in [6.07, 6.45) is 1.84. The smallest absolute Gasteiger partial charge is 0.335 e. The Hall–Kier alpha value is -3.64. The molecule has 0 aromatic heterocycles. The summed E-state index contributed by atoms with van der Waals surface area (Å²) >= 11 is 1.34. The van der Waals surface area contributed by atoms with E-state index in [1.165, 1.54) is 11.8 Å². The van der Waals surface area contributed by atoms with Crippen molar-refractivity contribution < 1.29 is 14.7 Å². The van der Waals surface area contributed by atoms with E-state index in [-0.39, 0.29) is 11.5 Å². The molecule has 3 aromatic rings. The van der Waals surface area contributed by atoms with Gasteiger partial charge in [-0.3, -0.25) is 9.69 Å². The molecule has 0 saturated carbocycles. The van der Waals surface area contributed by atoms with Crippen LogP contribution in [0.1, 0.15) is 15.9 Å². The Morgan fingerprint density at radius 1 is 0.967 bits per heavy atom. The number of carboxylic acid groups (broad SMARTS) is 1. The van der Waals surface area contributed by atoms with Gasteiger partial charge in [-0.15, -0.1) is 0 Å². The second kappa shape index (κ2) is 8.39. The molecule has 1 aliphatic rings. The first-order chi connectivity index (χ1) is 14.5. The number of carbonyl (C=O) groups is 2. The number of amides is 1. The zero-order valence-corrected chi connectivity index (χ0v) is 17.0. The first kappa shape index (κ1) is 19.7. The van der Waals surface area contributed by atoms with Crippen molar-refractivity contribution in [3.63, 3.8) is 0 Å². The van der Waals surface area contributed by atoms with Crippen LogP contribution in [0.2, 0.25) is 0 Å². The molecule has 0 spiro atoms. The SMILES string of the molecule is CN1C(=O)/C(=C/c2ccc(-c3cccc(C(=O)O)c3)cc2)SC1=Nc1ccccc1. The maximum Gasteiger partial charge on any atom is 0.335 e. The van der Waals surface area contributed by atoms with E-state index in [4.69, 9.17) is 5.11 Å². The topological polar surface area (TPSA) is 70.0 Å². The molecule has 3 aromatic carbocycles. The molecule has 0 aliphatic carbocycles. The quantitative estimate of drug-likeness (QED) is 0.589. The van der Waals surface area contributed by atoms with Gasteiger partial charge in [0, 0.05) is 7.05 Å². The molecular weight excluding hydrogens is 396 g/mol. The summed E-state index contributed by atoms with van der Waals surface area (Å²) in [6, 6.07) is 24.0. The third-order valence-corrected chi connectivity index (χ3v) is 5.70. The monoisotopic (exact) mass is 414 g/mol. The predicted molar refractivity (Wildman–Crippen MR) is 121 cm³/mol. The maximum absolute atomic E-state index is 12.6. The summed E-state index contributed by atoms with van der Waals surface area (Å²) in [4.78, 5) is 30.5. The van der Waals surface area contributed by atoms with E-state index < -0.39 is 5.97 Å². The van der Waals surface area contributed by atoms with Gasteiger partial charge in [-0.05, 0) is 58.8 Å². The van der Waals surface area contributed by atoms with Crippen LogP contribution >= 0.6 is 11.8 Å². The number of benzene rings is 3. The molecule has 6 heteroatoms. The average Bonchev–Trinajstić information content (AvgIpc) is 3.03. The minimum atomic E-state index is -0.952. The largest absolute Gasteiger partial charge is 0.478 e. The lowest BCUT2D eigenvalue weighted by atomic mass is 10.0. The van der Waals surface area contributed by atoms with Crippen molar-refractivity contribution >= 4 is 40.6 Å². The second-order valence-corrected chi connectivity index (χ2v) is 7.72. The fourth-order valence-corrected chi connectivity index (χ4v) is 4.01. The van der Waals surface area contributed by atoms with E-state index in [0.717, 1.165) is 22.4 Å². The molecule has 1 heterocycles. The number of aromatic carboxylic acids is 1. The zero-order chi connectivity index (χ0) is 21.1. The molecule has 1 N–H and O–H groups in total. The normalized spacial score (nSPS) is 16.4. The van der Waals surface area contributed by atoms with E-state index >= 15 is 0 Å². The average molecular weight is 414 g/mol.